The maximum Gasteiger partial charge on any atom is 0.238 e. The first-order valence-corrected chi connectivity index (χ1v) is 8.02. The molecule has 0 spiro atoms. The van der Waals surface area contributed by atoms with E-state index in [-0.39, 0.29) is 12.5 Å². The molecule has 0 aliphatic carbocycles. The Bertz CT molecular complexity index is 564. The van der Waals surface area contributed by atoms with Gasteiger partial charge in [-0.2, -0.15) is 4.31 Å². The third-order valence-electron chi connectivity index (χ3n) is 3.17. The molecule has 1 fully saturated rings. The third kappa shape index (κ3) is 3.36. The van der Waals surface area contributed by atoms with Gasteiger partial charge in [0.1, 0.15) is 17.6 Å². The summed E-state index contributed by atoms with van der Waals surface area (Å²) < 4.78 is 29.7. The Morgan fingerprint density at radius 2 is 2.26 bits per heavy atom. The molecule has 1 atom stereocenters. The van der Waals surface area contributed by atoms with Crippen molar-refractivity contribution >= 4 is 15.9 Å². The second-order valence-corrected chi connectivity index (χ2v) is 6.70. The normalized spacial score (nSPS) is 20.6. The van der Waals surface area contributed by atoms with E-state index in [4.69, 9.17) is 4.42 Å². The predicted molar refractivity (Wildman–Crippen MR) is 69.9 cm³/mol. The molecule has 1 N–H and O–H groups in total. The molecule has 0 aromatic carbocycles. The van der Waals surface area contributed by atoms with Crippen LogP contribution in [0.4, 0.5) is 0 Å². The lowest BCUT2D eigenvalue weighted by Gasteiger charge is -2.21. The molecule has 6 nitrogen and oxygen atoms in total. The van der Waals surface area contributed by atoms with Crippen LogP contribution in [0.2, 0.25) is 0 Å². The molecular formula is C12H18N2O4S. The number of nitrogens with one attached hydrogen (secondary N) is 1. The van der Waals surface area contributed by atoms with Crippen LogP contribution in [0.1, 0.15) is 24.4 Å². The molecule has 0 radical (unpaired) electrons. The zero-order valence-electron chi connectivity index (χ0n) is 11.0. The molecule has 0 bridgehead atoms. The lowest BCUT2D eigenvalue weighted by molar-refractivity contribution is -0.124. The number of sulfonamides is 1. The van der Waals surface area contributed by atoms with E-state index in [1.807, 2.05) is 13.0 Å². The van der Waals surface area contributed by atoms with Crippen molar-refractivity contribution in [3.8, 4) is 0 Å². The average Bonchev–Trinajstić information content (AvgIpc) is 2.93. The number of carbonyl (C=O) groups is 1. The van der Waals surface area contributed by atoms with Crippen molar-refractivity contribution < 1.29 is 17.6 Å². The van der Waals surface area contributed by atoms with Gasteiger partial charge in [0.05, 0.1) is 12.8 Å². The van der Waals surface area contributed by atoms with Gasteiger partial charge in [0.25, 0.3) is 0 Å². The summed E-state index contributed by atoms with van der Waals surface area (Å²) in [6.07, 6.45) is 2.41. The Kier molecular flexibility index (Phi) is 3.96. The molecule has 1 aliphatic rings. The van der Waals surface area contributed by atoms with Gasteiger partial charge in [-0.05, 0) is 31.9 Å². The fourth-order valence-electron chi connectivity index (χ4n) is 2.27. The molecule has 1 aromatic heterocycles. The van der Waals surface area contributed by atoms with Gasteiger partial charge in [-0.1, -0.05) is 0 Å². The summed E-state index contributed by atoms with van der Waals surface area (Å²) >= 11 is 0. The fraction of sp³-hybridized carbons (Fsp3) is 0.583. The minimum atomic E-state index is -3.33. The minimum Gasteiger partial charge on any atom is -0.465 e. The second kappa shape index (κ2) is 5.34. The van der Waals surface area contributed by atoms with Crippen LogP contribution in [0, 0.1) is 6.92 Å². The minimum absolute atomic E-state index is 0.267. The van der Waals surface area contributed by atoms with Crippen molar-refractivity contribution in [3.05, 3.63) is 23.7 Å². The number of amides is 1. The number of rotatable bonds is 4. The van der Waals surface area contributed by atoms with Crippen LogP contribution in [0.15, 0.2) is 16.5 Å². The number of hydrogen-bond donors (Lipinski definition) is 1. The summed E-state index contributed by atoms with van der Waals surface area (Å²) in [5, 5.41) is 2.72. The molecular weight excluding hydrogens is 268 g/mol. The van der Waals surface area contributed by atoms with Crippen molar-refractivity contribution in [2.45, 2.75) is 32.4 Å². The van der Waals surface area contributed by atoms with Crippen LogP contribution in [-0.4, -0.2) is 37.5 Å². The fourth-order valence-corrected chi connectivity index (χ4v) is 3.40. The molecule has 1 aromatic rings. The Hall–Kier alpha value is -1.34. The number of aryl methyl sites for hydroxylation is 1. The first-order valence-electron chi connectivity index (χ1n) is 6.18. The Morgan fingerprint density at radius 3 is 2.84 bits per heavy atom. The largest absolute Gasteiger partial charge is 0.465 e. The van der Waals surface area contributed by atoms with Crippen LogP contribution in [0.5, 0.6) is 0 Å². The topological polar surface area (TPSA) is 79.6 Å². The molecule has 19 heavy (non-hydrogen) atoms. The standard InChI is InChI=1S/C12H18N2O4S/c1-9-5-6-10(18-9)8-13-12(15)11-4-3-7-14(11)19(2,16)17/h5-6,11H,3-4,7-8H2,1-2H3,(H,13,15)/t11-/m1/s1. The van der Waals surface area contributed by atoms with Crippen molar-refractivity contribution in [3.63, 3.8) is 0 Å². The van der Waals surface area contributed by atoms with Crippen LogP contribution in [-0.2, 0) is 21.4 Å². The lowest BCUT2D eigenvalue weighted by Crippen LogP contribution is -2.45. The van der Waals surface area contributed by atoms with E-state index in [0.29, 0.717) is 25.1 Å². The summed E-state index contributed by atoms with van der Waals surface area (Å²) in [5.74, 6) is 1.18. The highest BCUT2D eigenvalue weighted by atomic mass is 32.2. The summed E-state index contributed by atoms with van der Waals surface area (Å²) in [5.41, 5.74) is 0. The summed E-state index contributed by atoms with van der Waals surface area (Å²) in [6.45, 7) is 2.52. The van der Waals surface area contributed by atoms with E-state index in [9.17, 15) is 13.2 Å². The number of furan rings is 1. The van der Waals surface area contributed by atoms with Crippen molar-refractivity contribution in [2.24, 2.45) is 0 Å². The first-order chi connectivity index (χ1) is 8.88. The number of nitrogens with zero attached hydrogens (tertiary/aromatic N) is 1. The maximum atomic E-state index is 12.0. The van der Waals surface area contributed by atoms with Gasteiger partial charge >= 0.3 is 0 Å². The quantitative estimate of drug-likeness (QED) is 0.880. The Morgan fingerprint density at radius 1 is 1.53 bits per heavy atom. The molecule has 2 rings (SSSR count). The molecule has 1 saturated heterocycles. The van der Waals surface area contributed by atoms with Crippen LogP contribution < -0.4 is 5.32 Å². The number of hydrogen-bond acceptors (Lipinski definition) is 4. The summed E-state index contributed by atoms with van der Waals surface area (Å²) in [4.78, 5) is 12.0. The van der Waals surface area contributed by atoms with E-state index in [1.54, 1.807) is 6.07 Å². The molecule has 0 saturated carbocycles. The molecule has 1 aliphatic heterocycles. The maximum absolute atomic E-state index is 12.0. The van der Waals surface area contributed by atoms with E-state index in [1.165, 1.54) is 4.31 Å². The second-order valence-electron chi connectivity index (χ2n) is 4.76. The van der Waals surface area contributed by atoms with Crippen molar-refractivity contribution in [1.82, 2.24) is 9.62 Å². The lowest BCUT2D eigenvalue weighted by atomic mass is 10.2. The SMILES string of the molecule is Cc1ccc(CNC(=O)[C@H]2CCCN2S(C)(=O)=O)o1. The van der Waals surface area contributed by atoms with Gasteiger partial charge in [0.15, 0.2) is 0 Å². The Balaban J connectivity index is 1.96. The molecule has 106 valence electrons. The van der Waals surface area contributed by atoms with Gasteiger partial charge in [-0.3, -0.25) is 4.79 Å². The van der Waals surface area contributed by atoms with Crippen molar-refractivity contribution in [1.29, 1.82) is 0 Å². The highest BCUT2D eigenvalue weighted by molar-refractivity contribution is 7.88. The highest BCUT2D eigenvalue weighted by Crippen LogP contribution is 2.20. The van der Waals surface area contributed by atoms with E-state index < -0.39 is 16.1 Å². The van der Waals surface area contributed by atoms with Gasteiger partial charge in [0.2, 0.25) is 15.9 Å². The molecule has 7 heteroatoms. The van der Waals surface area contributed by atoms with Crippen molar-refractivity contribution in [2.75, 3.05) is 12.8 Å². The van der Waals surface area contributed by atoms with Gasteiger partial charge in [-0.25, -0.2) is 8.42 Å². The zero-order chi connectivity index (χ0) is 14.0. The average molecular weight is 286 g/mol. The van der Waals surface area contributed by atoms with Crippen LogP contribution >= 0.6 is 0 Å². The smallest absolute Gasteiger partial charge is 0.238 e. The predicted octanol–water partition coefficient (Wildman–Crippen LogP) is 0.628. The molecule has 0 unspecified atom stereocenters. The van der Waals surface area contributed by atoms with Crippen LogP contribution in [0.25, 0.3) is 0 Å². The van der Waals surface area contributed by atoms with Gasteiger partial charge in [0, 0.05) is 6.54 Å². The Labute approximate surface area is 112 Å². The summed E-state index contributed by atoms with van der Waals surface area (Å²) in [7, 11) is -3.33. The van der Waals surface area contributed by atoms with Gasteiger partial charge in [-0.15, -0.1) is 0 Å². The monoisotopic (exact) mass is 286 g/mol. The summed E-state index contributed by atoms with van der Waals surface area (Å²) in [6, 6.07) is 3.02. The van der Waals surface area contributed by atoms with E-state index >= 15 is 0 Å². The molecule has 1 amide bonds. The molecule has 2 heterocycles. The van der Waals surface area contributed by atoms with E-state index in [2.05, 4.69) is 5.32 Å². The number of carbonyl (C=O) groups excluding carboxylic acids is 1. The van der Waals surface area contributed by atoms with E-state index in [0.717, 1.165) is 12.0 Å². The zero-order valence-corrected chi connectivity index (χ0v) is 11.9. The highest BCUT2D eigenvalue weighted by Gasteiger charge is 2.36. The first kappa shape index (κ1) is 14.1. The van der Waals surface area contributed by atoms with Crippen LogP contribution in [0.3, 0.4) is 0 Å². The van der Waals surface area contributed by atoms with Gasteiger partial charge < -0.3 is 9.73 Å². The third-order valence-corrected chi connectivity index (χ3v) is 4.45.